The van der Waals surface area contributed by atoms with Crippen LogP contribution < -0.4 is 5.73 Å². The van der Waals surface area contributed by atoms with Gasteiger partial charge in [-0.15, -0.1) is 0 Å². The zero-order valence-electron chi connectivity index (χ0n) is 21.7. The first-order chi connectivity index (χ1) is 16.3. The van der Waals surface area contributed by atoms with Gasteiger partial charge >= 0.3 is 0 Å². The van der Waals surface area contributed by atoms with Gasteiger partial charge in [0.25, 0.3) is 0 Å². The molecule has 0 aromatic carbocycles. The minimum absolute atomic E-state index is 0. The van der Waals surface area contributed by atoms with Crippen molar-refractivity contribution < 1.29 is 61.9 Å². The largest absolute Gasteiger partial charge is 0.394 e. The maximum atomic E-state index is 8.81. The molecule has 0 saturated carbocycles. The minimum atomic E-state index is -0.500. The molecule has 3 aliphatic heterocycles. The van der Waals surface area contributed by atoms with Crippen LogP contribution in [0, 0.1) is 20.2 Å². The number of nitro groups is 2. The third-order valence-electron chi connectivity index (χ3n) is 3.77. The van der Waals surface area contributed by atoms with Crippen LogP contribution in [0.15, 0.2) is 0 Å². The van der Waals surface area contributed by atoms with Crippen molar-refractivity contribution in [2.75, 3.05) is 87.2 Å². The number of nitrogens with zero attached hydrogens (tertiary/aromatic N) is 2. The molecule has 0 amide bonds. The van der Waals surface area contributed by atoms with Gasteiger partial charge in [-0.05, 0) is 19.9 Å². The van der Waals surface area contributed by atoms with Crippen molar-refractivity contribution in [2.45, 2.75) is 59.9 Å². The molecule has 0 aromatic heterocycles. The number of nitrogens with two attached hydrogens (primary N) is 1. The van der Waals surface area contributed by atoms with E-state index in [2.05, 4.69) is 19.6 Å². The summed E-state index contributed by atoms with van der Waals surface area (Å²) in [7, 11) is 3.28. The average Bonchev–Trinajstić information content (AvgIpc) is 2.87. The van der Waals surface area contributed by atoms with Gasteiger partial charge in [0.15, 0.2) is 14.1 Å². The van der Waals surface area contributed by atoms with E-state index in [9.17, 15) is 0 Å². The number of aliphatic hydroxyl groups is 1. The van der Waals surface area contributed by atoms with Gasteiger partial charge < -0.3 is 39.3 Å². The van der Waals surface area contributed by atoms with E-state index in [0.717, 1.165) is 66.6 Å². The second kappa shape index (κ2) is 39.6. The molecule has 14 nitrogen and oxygen atoms in total. The minimum Gasteiger partial charge on any atom is -0.394 e. The molecule has 15 heteroatoms. The van der Waals surface area contributed by atoms with Crippen LogP contribution in [-0.2, 0) is 47.0 Å². The summed E-state index contributed by atoms with van der Waals surface area (Å²) in [6.07, 6.45) is 2.79. The van der Waals surface area contributed by atoms with Gasteiger partial charge in [-0.2, -0.15) is 0 Å². The maximum absolute atomic E-state index is 8.81. The fourth-order valence-electron chi connectivity index (χ4n) is 2.19. The van der Waals surface area contributed by atoms with Gasteiger partial charge in [-0.3, -0.25) is 20.2 Å². The second-order valence-electron chi connectivity index (χ2n) is 6.58. The smallest absolute Gasteiger partial charge is 0.194 e. The van der Waals surface area contributed by atoms with Crippen molar-refractivity contribution >= 4 is 0 Å². The molecule has 3 fully saturated rings. The Morgan fingerprint density at radius 2 is 0.946 bits per heavy atom. The van der Waals surface area contributed by atoms with Gasteiger partial charge in [0.2, 0.25) is 0 Å². The van der Waals surface area contributed by atoms with Crippen LogP contribution >= 0.6 is 0 Å². The first-order valence-corrected chi connectivity index (χ1v) is 11.2. The Kier molecular flexibility index (Phi) is 52.5. The van der Waals surface area contributed by atoms with Gasteiger partial charge in [0.1, 0.15) is 6.10 Å². The summed E-state index contributed by atoms with van der Waals surface area (Å²) in [5, 5.41) is 26.1. The zero-order valence-corrected chi connectivity index (χ0v) is 23.1. The number of aliphatic hydroxyl groups excluding tert-OH is 1. The van der Waals surface area contributed by atoms with Gasteiger partial charge in [-0.25, -0.2) is 0 Å². The predicted octanol–water partition coefficient (Wildman–Crippen LogP) is 1.65. The number of ether oxygens (including phenoxy) is 6. The van der Waals surface area contributed by atoms with E-state index >= 15 is 0 Å². The normalized spacial score (nSPS) is 21.2. The predicted molar refractivity (Wildman–Crippen MR) is 139 cm³/mol. The second-order valence-corrected chi connectivity index (χ2v) is 6.58. The average molecular weight is 587 g/mol. The Morgan fingerprint density at radius 1 is 0.703 bits per heavy atom. The molecule has 3 N–H and O–H groups in total. The third-order valence-corrected chi connectivity index (χ3v) is 3.77. The van der Waals surface area contributed by atoms with E-state index in [0.29, 0.717) is 32.0 Å². The van der Waals surface area contributed by atoms with Crippen molar-refractivity contribution in [2.24, 2.45) is 5.73 Å². The monoisotopic (exact) mass is 586 g/mol. The summed E-state index contributed by atoms with van der Waals surface area (Å²) >= 11 is 0. The molecule has 1 radical (unpaired) electrons. The molecule has 3 rings (SSSR count). The van der Waals surface area contributed by atoms with Crippen LogP contribution in [0.4, 0.5) is 0 Å². The van der Waals surface area contributed by atoms with Crippen molar-refractivity contribution in [3.05, 3.63) is 20.2 Å². The SMILES string of the molecule is C.C.CCC1COCCO1.CCC1COCCO1.CN.C[N+](=O)[O-].C[N+](=O)[O-].OCC1COCCO1.[V]. The summed E-state index contributed by atoms with van der Waals surface area (Å²) in [6, 6.07) is 0. The Labute approximate surface area is 235 Å². The van der Waals surface area contributed by atoms with E-state index < -0.39 is 9.85 Å². The Hall–Kier alpha value is -0.936. The van der Waals surface area contributed by atoms with Crippen molar-refractivity contribution in [3.8, 4) is 0 Å². The van der Waals surface area contributed by atoms with Crippen LogP contribution in [0.25, 0.3) is 0 Å². The molecule has 3 unspecified atom stereocenters. The van der Waals surface area contributed by atoms with E-state index in [-0.39, 0.29) is 46.1 Å². The van der Waals surface area contributed by atoms with Crippen LogP contribution in [-0.4, -0.2) is 120 Å². The molecule has 0 bridgehead atoms. The van der Waals surface area contributed by atoms with Crippen molar-refractivity contribution in [1.29, 1.82) is 0 Å². The summed E-state index contributed by atoms with van der Waals surface area (Å²) in [5.74, 6) is 0. The molecule has 3 heterocycles. The third kappa shape index (κ3) is 45.4. The van der Waals surface area contributed by atoms with Crippen LogP contribution in [0.2, 0.25) is 0 Å². The summed E-state index contributed by atoms with van der Waals surface area (Å²) in [6.45, 7) is 10.8. The van der Waals surface area contributed by atoms with E-state index in [1.165, 1.54) is 7.05 Å². The molecule has 3 saturated heterocycles. The molecule has 3 atom stereocenters. The first kappa shape index (κ1) is 49.1. The Morgan fingerprint density at radius 3 is 1.05 bits per heavy atom. The standard InChI is InChI=1S/2C6H12O2.C5H10O3.2CH3NO2.CH5N.2CH4.V/c2*1-2-6-5-7-3-4-8-6;6-3-5-4-7-1-2-8-5;2*1-2(3)4;1-2;;;/h2*6H,2-5H2,1H3;5-6H,1-4H2;2*1H3;2H2,1H3;2*1H4;. The topological polar surface area (TPSA) is 188 Å². The fourth-order valence-corrected chi connectivity index (χ4v) is 2.19. The van der Waals surface area contributed by atoms with E-state index in [1.807, 2.05) is 0 Å². The summed E-state index contributed by atoms with van der Waals surface area (Å²) < 4.78 is 30.9. The number of hydrogen-bond acceptors (Lipinski definition) is 12. The van der Waals surface area contributed by atoms with Crippen molar-refractivity contribution in [3.63, 3.8) is 0 Å². The number of hydrogen-bond donors (Lipinski definition) is 2. The van der Waals surface area contributed by atoms with Crippen LogP contribution in [0.5, 0.6) is 0 Å². The zero-order chi connectivity index (χ0) is 26.6. The summed E-state index contributed by atoms with van der Waals surface area (Å²) in [5.41, 5.74) is 4.50. The molecular weight excluding hydrogens is 533 g/mol. The molecule has 0 aliphatic carbocycles. The first-order valence-electron chi connectivity index (χ1n) is 11.2. The molecule has 0 spiro atoms. The molecule has 3 aliphatic rings. The van der Waals surface area contributed by atoms with Crippen LogP contribution in [0.1, 0.15) is 41.5 Å². The Bertz CT molecular complexity index is 375. The molecule has 37 heavy (non-hydrogen) atoms. The van der Waals surface area contributed by atoms with E-state index in [4.69, 9.17) is 53.8 Å². The van der Waals surface area contributed by atoms with E-state index in [1.54, 1.807) is 0 Å². The quantitative estimate of drug-likeness (QED) is 0.360. The Balaban J connectivity index is -0.0000000804. The maximum Gasteiger partial charge on any atom is 0.194 e. The van der Waals surface area contributed by atoms with Crippen LogP contribution in [0.3, 0.4) is 0 Å². The molecular formula is C22H53N3O11V. The fraction of sp³-hybridized carbons (Fsp3) is 1.00. The van der Waals surface area contributed by atoms with Crippen molar-refractivity contribution in [1.82, 2.24) is 0 Å². The molecule has 0 aromatic rings. The number of rotatable bonds is 3. The summed E-state index contributed by atoms with van der Waals surface area (Å²) in [4.78, 5) is 16.6. The molecule has 227 valence electrons. The van der Waals surface area contributed by atoms with Gasteiger partial charge in [-0.1, -0.05) is 28.7 Å². The van der Waals surface area contributed by atoms with Gasteiger partial charge in [0, 0.05) is 28.4 Å². The van der Waals surface area contributed by atoms with Gasteiger partial charge in [0.05, 0.1) is 78.3 Å².